The minimum Gasteiger partial charge on any atom is -0.469 e. The molecule has 1 fully saturated rings. The van der Waals surface area contributed by atoms with E-state index in [0.717, 1.165) is 0 Å². The summed E-state index contributed by atoms with van der Waals surface area (Å²) in [6, 6.07) is -0.437. The number of hydrogen-bond acceptors (Lipinski definition) is 6. The molecule has 1 rings (SSSR count). The molecular formula is C20H36N2O6. The van der Waals surface area contributed by atoms with Crippen molar-refractivity contribution in [2.24, 2.45) is 11.3 Å². The van der Waals surface area contributed by atoms with Crippen molar-refractivity contribution in [1.29, 1.82) is 0 Å². The molecule has 0 bridgehead atoms. The molecule has 1 aliphatic carbocycles. The van der Waals surface area contributed by atoms with Crippen LogP contribution < -0.4 is 10.6 Å². The first-order valence-electron chi connectivity index (χ1n) is 9.84. The number of esters is 1. The number of nitrogens with one attached hydrogen (secondary N) is 2. The molecule has 162 valence electrons. The van der Waals surface area contributed by atoms with E-state index in [0.29, 0.717) is 12.8 Å². The van der Waals surface area contributed by atoms with Crippen LogP contribution in [0.3, 0.4) is 0 Å². The predicted octanol–water partition coefficient (Wildman–Crippen LogP) is 2.13. The van der Waals surface area contributed by atoms with Crippen LogP contribution in [0.25, 0.3) is 0 Å². The lowest BCUT2D eigenvalue weighted by Gasteiger charge is -2.32. The second-order valence-electron chi connectivity index (χ2n) is 8.95. The molecule has 0 aromatic heterocycles. The lowest BCUT2D eigenvalue weighted by atomic mass is 9.77. The van der Waals surface area contributed by atoms with E-state index in [4.69, 9.17) is 9.47 Å². The lowest BCUT2D eigenvalue weighted by molar-refractivity contribution is -0.159. The average Bonchev–Trinajstić information content (AvgIpc) is 2.85. The Hall–Kier alpha value is -1.83. The highest BCUT2D eigenvalue weighted by atomic mass is 16.6. The Morgan fingerprint density at radius 1 is 1.25 bits per heavy atom. The number of amides is 2. The second kappa shape index (κ2) is 9.58. The third kappa shape index (κ3) is 6.65. The summed E-state index contributed by atoms with van der Waals surface area (Å²) in [5.74, 6) is -0.479. The minimum absolute atomic E-state index is 0.0542. The number of methoxy groups -OCH3 is 1. The molecule has 0 aromatic carbocycles. The van der Waals surface area contributed by atoms with Gasteiger partial charge in [-0.3, -0.25) is 9.59 Å². The molecule has 0 radical (unpaired) electrons. The van der Waals surface area contributed by atoms with Gasteiger partial charge in [0.05, 0.1) is 18.6 Å². The molecule has 3 N–H and O–H groups in total. The van der Waals surface area contributed by atoms with Crippen molar-refractivity contribution in [3.8, 4) is 0 Å². The van der Waals surface area contributed by atoms with E-state index >= 15 is 0 Å². The zero-order valence-electron chi connectivity index (χ0n) is 18.1. The van der Waals surface area contributed by atoms with Crippen molar-refractivity contribution < 1.29 is 29.0 Å². The van der Waals surface area contributed by atoms with Crippen LogP contribution in [0.2, 0.25) is 0 Å². The molecule has 0 saturated heterocycles. The average molecular weight is 401 g/mol. The van der Waals surface area contributed by atoms with Crippen LogP contribution in [0, 0.1) is 11.3 Å². The van der Waals surface area contributed by atoms with Crippen molar-refractivity contribution in [2.75, 3.05) is 7.11 Å². The second-order valence-corrected chi connectivity index (χ2v) is 8.95. The molecular weight excluding hydrogens is 364 g/mol. The molecule has 0 aliphatic heterocycles. The van der Waals surface area contributed by atoms with E-state index in [9.17, 15) is 19.5 Å². The van der Waals surface area contributed by atoms with Gasteiger partial charge in [0.2, 0.25) is 5.91 Å². The monoisotopic (exact) mass is 400 g/mol. The summed E-state index contributed by atoms with van der Waals surface area (Å²) in [6.07, 6.45) is 0.0532. The number of alkyl carbamates (subject to hydrolysis) is 1. The summed E-state index contributed by atoms with van der Waals surface area (Å²) in [5.41, 5.74) is -1.71. The summed E-state index contributed by atoms with van der Waals surface area (Å²) < 4.78 is 10.3. The van der Waals surface area contributed by atoms with Crippen LogP contribution in [0.5, 0.6) is 0 Å². The zero-order chi connectivity index (χ0) is 21.7. The summed E-state index contributed by atoms with van der Waals surface area (Å²) in [6.45, 7) is 10.7. The van der Waals surface area contributed by atoms with Crippen LogP contribution in [0.15, 0.2) is 0 Å². The SMILES string of the molecule is COC(=O)C1(CCC(C)C(C)NC(C)=O)CC(NC(=O)OC(C)(C)C)CC1O. The fraction of sp³-hybridized carbons (Fsp3) is 0.850. The first kappa shape index (κ1) is 24.2. The van der Waals surface area contributed by atoms with Gasteiger partial charge in [-0.1, -0.05) is 6.92 Å². The fourth-order valence-corrected chi connectivity index (χ4v) is 3.73. The van der Waals surface area contributed by atoms with Gasteiger partial charge in [0.15, 0.2) is 0 Å². The maximum absolute atomic E-state index is 12.6. The Balaban J connectivity index is 2.82. The van der Waals surface area contributed by atoms with Crippen molar-refractivity contribution in [1.82, 2.24) is 10.6 Å². The number of hydrogen-bond donors (Lipinski definition) is 3. The maximum atomic E-state index is 12.6. The van der Waals surface area contributed by atoms with E-state index < -0.39 is 29.2 Å². The molecule has 2 amide bonds. The molecule has 8 heteroatoms. The smallest absolute Gasteiger partial charge is 0.407 e. The molecule has 0 aromatic rings. The van der Waals surface area contributed by atoms with E-state index in [-0.39, 0.29) is 36.8 Å². The lowest BCUT2D eigenvalue weighted by Crippen LogP contribution is -2.42. The highest BCUT2D eigenvalue weighted by molar-refractivity contribution is 5.78. The van der Waals surface area contributed by atoms with Crippen molar-refractivity contribution in [3.63, 3.8) is 0 Å². The highest BCUT2D eigenvalue weighted by Gasteiger charge is 2.53. The summed E-state index contributed by atoms with van der Waals surface area (Å²) in [7, 11) is 1.30. The van der Waals surface area contributed by atoms with Gasteiger partial charge >= 0.3 is 12.1 Å². The van der Waals surface area contributed by atoms with Crippen molar-refractivity contribution in [2.45, 2.75) is 91.0 Å². The van der Waals surface area contributed by atoms with E-state index in [1.807, 2.05) is 13.8 Å². The van der Waals surface area contributed by atoms with E-state index in [1.54, 1.807) is 20.8 Å². The van der Waals surface area contributed by atoms with Crippen LogP contribution in [-0.2, 0) is 19.1 Å². The van der Waals surface area contributed by atoms with Crippen LogP contribution in [0.4, 0.5) is 4.79 Å². The molecule has 0 heterocycles. The summed E-state index contributed by atoms with van der Waals surface area (Å²) in [4.78, 5) is 35.9. The Morgan fingerprint density at radius 3 is 2.36 bits per heavy atom. The first-order chi connectivity index (χ1) is 12.8. The largest absolute Gasteiger partial charge is 0.469 e. The zero-order valence-corrected chi connectivity index (χ0v) is 18.1. The van der Waals surface area contributed by atoms with Crippen LogP contribution in [0.1, 0.15) is 67.2 Å². The molecule has 5 atom stereocenters. The highest BCUT2D eigenvalue weighted by Crippen LogP contribution is 2.44. The Labute approximate surface area is 167 Å². The van der Waals surface area contributed by atoms with Crippen molar-refractivity contribution >= 4 is 18.0 Å². The van der Waals surface area contributed by atoms with Gasteiger partial charge in [-0.05, 0) is 59.3 Å². The van der Waals surface area contributed by atoms with Crippen molar-refractivity contribution in [3.05, 3.63) is 0 Å². The van der Waals surface area contributed by atoms with E-state index in [2.05, 4.69) is 10.6 Å². The third-order valence-corrected chi connectivity index (χ3v) is 5.40. The number of carbonyl (C=O) groups is 3. The van der Waals surface area contributed by atoms with Gasteiger partial charge in [0.1, 0.15) is 5.60 Å². The summed E-state index contributed by atoms with van der Waals surface area (Å²) >= 11 is 0. The number of aliphatic hydroxyl groups excluding tert-OH is 1. The maximum Gasteiger partial charge on any atom is 0.407 e. The Kier molecular flexibility index (Phi) is 8.29. The summed E-state index contributed by atoms with van der Waals surface area (Å²) in [5, 5.41) is 16.3. The van der Waals surface area contributed by atoms with Crippen LogP contribution >= 0.6 is 0 Å². The molecule has 28 heavy (non-hydrogen) atoms. The van der Waals surface area contributed by atoms with Gasteiger partial charge in [0, 0.05) is 19.0 Å². The fourth-order valence-electron chi connectivity index (χ4n) is 3.73. The molecule has 0 spiro atoms. The van der Waals surface area contributed by atoms with Crippen LogP contribution in [-0.4, -0.2) is 54.0 Å². The van der Waals surface area contributed by atoms with E-state index in [1.165, 1.54) is 14.0 Å². The molecule has 1 aliphatic rings. The molecule has 8 nitrogen and oxygen atoms in total. The number of carbonyl (C=O) groups excluding carboxylic acids is 3. The van der Waals surface area contributed by atoms with Gasteiger partial charge in [-0.15, -0.1) is 0 Å². The quantitative estimate of drug-likeness (QED) is 0.564. The normalized spacial score (nSPS) is 26.9. The minimum atomic E-state index is -1.08. The standard InChI is InChI=1S/C20H36N2O6/c1-12(13(2)21-14(3)23)8-9-20(17(25)27-7)11-15(10-16(20)24)22-18(26)28-19(4,5)6/h12-13,15-16,24H,8-11H2,1-7H3,(H,21,23)(H,22,26). The third-order valence-electron chi connectivity index (χ3n) is 5.40. The topological polar surface area (TPSA) is 114 Å². The Bertz CT molecular complexity index is 574. The number of rotatable bonds is 7. The predicted molar refractivity (Wildman–Crippen MR) is 105 cm³/mol. The Morgan fingerprint density at radius 2 is 1.86 bits per heavy atom. The number of ether oxygens (including phenoxy) is 2. The number of aliphatic hydroxyl groups is 1. The van der Waals surface area contributed by atoms with Gasteiger partial charge in [-0.2, -0.15) is 0 Å². The van der Waals surface area contributed by atoms with Gasteiger partial charge in [-0.25, -0.2) is 4.79 Å². The first-order valence-corrected chi connectivity index (χ1v) is 9.84. The molecule has 1 saturated carbocycles. The van der Waals surface area contributed by atoms with Gasteiger partial charge < -0.3 is 25.2 Å². The van der Waals surface area contributed by atoms with Gasteiger partial charge in [0.25, 0.3) is 0 Å². The molecule has 5 unspecified atom stereocenters.